The molecule has 0 amide bonds. The number of pyridine rings is 1. The van der Waals surface area contributed by atoms with Gasteiger partial charge in [-0.25, -0.2) is 9.97 Å². The fourth-order valence-electron chi connectivity index (χ4n) is 2.10. The van der Waals surface area contributed by atoms with E-state index in [0.717, 1.165) is 28.9 Å². The highest BCUT2D eigenvalue weighted by molar-refractivity contribution is 5.56. The maximum atomic E-state index is 5.87. The van der Waals surface area contributed by atoms with Crippen LogP contribution in [0.2, 0.25) is 0 Å². The Kier molecular flexibility index (Phi) is 3.79. The summed E-state index contributed by atoms with van der Waals surface area (Å²) in [6.45, 7) is 8.36. The molecular weight excluding hydrogens is 236 g/mol. The van der Waals surface area contributed by atoms with Crippen molar-refractivity contribution in [3.63, 3.8) is 0 Å². The van der Waals surface area contributed by atoms with Gasteiger partial charge >= 0.3 is 0 Å². The third-order valence-corrected chi connectivity index (χ3v) is 2.84. The van der Waals surface area contributed by atoms with Crippen LogP contribution < -0.4 is 5.73 Å². The van der Waals surface area contributed by atoms with E-state index in [1.165, 1.54) is 0 Å². The lowest BCUT2D eigenvalue weighted by atomic mass is 10.1. The first kappa shape index (κ1) is 13.5. The second-order valence-electron chi connectivity index (χ2n) is 5.38. The van der Waals surface area contributed by atoms with Crippen molar-refractivity contribution < 1.29 is 0 Å². The first-order valence-electron chi connectivity index (χ1n) is 6.52. The average molecular weight is 256 g/mol. The smallest absolute Gasteiger partial charge is 0.180 e. The highest BCUT2D eigenvalue weighted by Gasteiger charge is 2.10. The molecule has 100 valence electrons. The number of rotatable bonds is 3. The molecular formula is C15H20N4. The van der Waals surface area contributed by atoms with E-state index >= 15 is 0 Å². The molecule has 0 fully saturated rings. The molecule has 2 aromatic heterocycles. The molecule has 2 rings (SSSR count). The molecule has 2 aromatic rings. The topological polar surface area (TPSA) is 64.7 Å². The Balaban J connectivity index is 2.46. The minimum Gasteiger partial charge on any atom is -0.384 e. The summed E-state index contributed by atoms with van der Waals surface area (Å²) in [4.78, 5) is 13.3. The fraction of sp³-hybridized carbons (Fsp3) is 0.400. The van der Waals surface area contributed by atoms with E-state index in [1.807, 2.05) is 26.1 Å². The lowest BCUT2D eigenvalue weighted by Gasteiger charge is -2.09. The Morgan fingerprint density at radius 2 is 1.89 bits per heavy atom. The minimum absolute atomic E-state index is 0.502. The zero-order valence-electron chi connectivity index (χ0n) is 11.9. The Morgan fingerprint density at radius 3 is 2.53 bits per heavy atom. The first-order chi connectivity index (χ1) is 8.95. The van der Waals surface area contributed by atoms with E-state index < -0.39 is 0 Å². The zero-order chi connectivity index (χ0) is 14.0. The van der Waals surface area contributed by atoms with E-state index in [4.69, 9.17) is 5.73 Å². The molecule has 0 unspecified atom stereocenters. The molecule has 0 saturated heterocycles. The van der Waals surface area contributed by atoms with Crippen molar-refractivity contribution in [1.29, 1.82) is 0 Å². The quantitative estimate of drug-likeness (QED) is 0.917. The van der Waals surface area contributed by atoms with Gasteiger partial charge in [0.15, 0.2) is 5.82 Å². The minimum atomic E-state index is 0.502. The first-order valence-corrected chi connectivity index (χ1v) is 6.52. The molecule has 0 aliphatic carbocycles. The molecule has 0 radical (unpaired) electrons. The number of aryl methyl sites for hydroxylation is 2. The van der Waals surface area contributed by atoms with E-state index in [1.54, 1.807) is 0 Å². The molecule has 0 bridgehead atoms. The number of aromatic nitrogens is 3. The van der Waals surface area contributed by atoms with Gasteiger partial charge in [0.1, 0.15) is 11.5 Å². The largest absolute Gasteiger partial charge is 0.384 e. The number of anilines is 1. The van der Waals surface area contributed by atoms with Crippen molar-refractivity contribution in [3.8, 4) is 11.5 Å². The standard InChI is InChI=1S/C15H20N4/c1-9(2)5-12-7-13(16)19-15(18-12)14-11(4)6-10(3)8-17-14/h6-9H,5H2,1-4H3,(H2,16,18,19). The normalized spacial score (nSPS) is 11.0. The van der Waals surface area contributed by atoms with Crippen molar-refractivity contribution in [2.45, 2.75) is 34.1 Å². The molecule has 19 heavy (non-hydrogen) atoms. The van der Waals surface area contributed by atoms with Crippen LogP contribution >= 0.6 is 0 Å². The second kappa shape index (κ2) is 5.34. The Hall–Kier alpha value is -1.97. The molecule has 2 N–H and O–H groups in total. The van der Waals surface area contributed by atoms with Crippen molar-refractivity contribution in [1.82, 2.24) is 15.0 Å². The summed E-state index contributed by atoms with van der Waals surface area (Å²) in [5, 5.41) is 0. The van der Waals surface area contributed by atoms with Crippen molar-refractivity contribution in [2.24, 2.45) is 5.92 Å². The van der Waals surface area contributed by atoms with Gasteiger partial charge in [-0.15, -0.1) is 0 Å². The maximum absolute atomic E-state index is 5.87. The third kappa shape index (κ3) is 3.28. The monoisotopic (exact) mass is 256 g/mol. The van der Waals surface area contributed by atoms with E-state index in [0.29, 0.717) is 17.6 Å². The predicted molar refractivity (Wildman–Crippen MR) is 77.7 cm³/mol. The molecule has 0 aliphatic rings. The predicted octanol–water partition coefficient (Wildman–Crippen LogP) is 2.94. The summed E-state index contributed by atoms with van der Waals surface area (Å²) in [5.41, 5.74) is 9.86. The summed E-state index contributed by atoms with van der Waals surface area (Å²) in [6.07, 6.45) is 2.72. The van der Waals surface area contributed by atoms with Gasteiger partial charge in [0.05, 0.1) is 0 Å². The van der Waals surface area contributed by atoms with Crippen LogP contribution in [0, 0.1) is 19.8 Å². The molecule has 0 atom stereocenters. The lowest BCUT2D eigenvalue weighted by molar-refractivity contribution is 0.635. The fourth-order valence-corrected chi connectivity index (χ4v) is 2.10. The van der Waals surface area contributed by atoms with Crippen LogP contribution in [0.5, 0.6) is 0 Å². The molecule has 4 nitrogen and oxygen atoms in total. The van der Waals surface area contributed by atoms with Gasteiger partial charge in [-0.3, -0.25) is 4.98 Å². The number of nitrogens with two attached hydrogens (primary N) is 1. The van der Waals surface area contributed by atoms with Gasteiger partial charge < -0.3 is 5.73 Å². The summed E-state index contributed by atoms with van der Waals surface area (Å²) in [6, 6.07) is 3.92. The molecule has 0 aromatic carbocycles. The van der Waals surface area contributed by atoms with Gasteiger partial charge in [0, 0.05) is 18.0 Å². The highest BCUT2D eigenvalue weighted by Crippen LogP contribution is 2.20. The molecule has 0 aliphatic heterocycles. The van der Waals surface area contributed by atoms with Crippen LogP contribution in [0.3, 0.4) is 0 Å². The SMILES string of the molecule is Cc1cnc(-c2nc(N)cc(CC(C)C)n2)c(C)c1. The van der Waals surface area contributed by atoms with Crippen LogP contribution in [0.4, 0.5) is 5.82 Å². The maximum Gasteiger partial charge on any atom is 0.180 e. The Morgan fingerprint density at radius 1 is 1.16 bits per heavy atom. The van der Waals surface area contributed by atoms with Crippen LogP contribution in [0.15, 0.2) is 18.3 Å². The Labute approximate surface area is 114 Å². The van der Waals surface area contributed by atoms with Gasteiger partial charge in [-0.05, 0) is 37.3 Å². The Bertz CT molecular complexity index is 591. The molecule has 4 heteroatoms. The van der Waals surface area contributed by atoms with Crippen molar-refractivity contribution >= 4 is 5.82 Å². The van der Waals surface area contributed by atoms with E-state index in [2.05, 4.69) is 34.9 Å². The van der Waals surface area contributed by atoms with Crippen LogP contribution in [-0.2, 0) is 6.42 Å². The molecule has 2 heterocycles. The van der Waals surface area contributed by atoms with Gasteiger partial charge in [-0.2, -0.15) is 0 Å². The number of hydrogen-bond acceptors (Lipinski definition) is 4. The van der Waals surface area contributed by atoms with Crippen LogP contribution in [0.25, 0.3) is 11.5 Å². The number of hydrogen-bond donors (Lipinski definition) is 1. The average Bonchev–Trinajstić information content (AvgIpc) is 2.26. The van der Waals surface area contributed by atoms with Gasteiger partial charge in [0.2, 0.25) is 0 Å². The third-order valence-electron chi connectivity index (χ3n) is 2.84. The summed E-state index contributed by atoms with van der Waals surface area (Å²) in [7, 11) is 0. The zero-order valence-corrected chi connectivity index (χ0v) is 11.9. The number of nitrogen functional groups attached to an aromatic ring is 1. The summed E-state index contributed by atoms with van der Waals surface area (Å²) >= 11 is 0. The van der Waals surface area contributed by atoms with Gasteiger partial charge in [-0.1, -0.05) is 19.9 Å². The highest BCUT2D eigenvalue weighted by atomic mass is 15.0. The lowest BCUT2D eigenvalue weighted by Crippen LogP contribution is -2.05. The van der Waals surface area contributed by atoms with Gasteiger partial charge in [0.25, 0.3) is 0 Å². The van der Waals surface area contributed by atoms with Crippen LogP contribution in [-0.4, -0.2) is 15.0 Å². The summed E-state index contributed by atoms with van der Waals surface area (Å²) < 4.78 is 0. The van der Waals surface area contributed by atoms with E-state index in [-0.39, 0.29) is 0 Å². The van der Waals surface area contributed by atoms with Crippen molar-refractivity contribution in [3.05, 3.63) is 35.2 Å². The van der Waals surface area contributed by atoms with Crippen LogP contribution in [0.1, 0.15) is 30.7 Å². The summed E-state index contributed by atoms with van der Waals surface area (Å²) in [5.74, 6) is 1.66. The molecule has 0 spiro atoms. The number of nitrogens with zero attached hydrogens (tertiary/aromatic N) is 3. The molecule has 0 saturated carbocycles. The second-order valence-corrected chi connectivity index (χ2v) is 5.38. The van der Waals surface area contributed by atoms with Crippen molar-refractivity contribution in [2.75, 3.05) is 5.73 Å². The van der Waals surface area contributed by atoms with E-state index in [9.17, 15) is 0 Å².